The molecule has 6 nitrogen and oxygen atoms in total. The number of likely N-dealkylation sites (tertiary alicyclic amines) is 1. The Kier molecular flexibility index (Phi) is 5.70. The third-order valence-electron chi connectivity index (χ3n) is 3.90. The number of nitrogens with zero attached hydrogens (tertiary/aromatic N) is 1. The van der Waals surface area contributed by atoms with E-state index in [1.165, 1.54) is 6.07 Å². The normalized spacial score (nSPS) is 18.1. The van der Waals surface area contributed by atoms with Crippen molar-refractivity contribution in [2.45, 2.75) is 51.7 Å². The van der Waals surface area contributed by atoms with E-state index in [0.29, 0.717) is 13.1 Å². The van der Waals surface area contributed by atoms with Gasteiger partial charge in [0.2, 0.25) is 0 Å². The van der Waals surface area contributed by atoms with Gasteiger partial charge in [-0.25, -0.2) is 4.79 Å². The lowest BCUT2D eigenvalue weighted by molar-refractivity contribution is 0.00985. The molecular weight excluding hydrogens is 308 g/mol. The lowest BCUT2D eigenvalue weighted by Gasteiger charge is -2.36. The first-order valence-corrected chi connectivity index (χ1v) is 8.34. The largest absolute Gasteiger partial charge is 0.507 e. The zero-order chi connectivity index (χ0) is 17.7. The average Bonchev–Trinajstić information content (AvgIpc) is 2.51. The second-order valence-electron chi connectivity index (χ2n) is 7.05. The smallest absolute Gasteiger partial charge is 0.410 e. The van der Waals surface area contributed by atoms with Crippen molar-refractivity contribution < 1.29 is 19.4 Å². The van der Waals surface area contributed by atoms with Crippen LogP contribution in [0.1, 0.15) is 50.4 Å². The first-order valence-electron chi connectivity index (χ1n) is 8.34. The van der Waals surface area contributed by atoms with Crippen LogP contribution in [0.4, 0.5) is 4.79 Å². The van der Waals surface area contributed by atoms with Gasteiger partial charge in [0.1, 0.15) is 11.4 Å². The van der Waals surface area contributed by atoms with Crippen LogP contribution in [-0.4, -0.2) is 46.7 Å². The quantitative estimate of drug-likeness (QED) is 0.891. The summed E-state index contributed by atoms with van der Waals surface area (Å²) in [6.07, 6.45) is 2.42. The number of aromatic hydroxyl groups is 1. The second kappa shape index (κ2) is 7.55. The Bertz CT molecular complexity index is 595. The topological polar surface area (TPSA) is 78.9 Å². The standard InChI is InChI=1S/C18H26N2O4/c1-18(2,3)24-17(23)20-11-7-6-8-13(20)12-19-16(22)14-9-4-5-10-15(14)21/h4-5,9-10,13,21H,6-8,11-12H2,1-3H3,(H,19,22)/t13-/m1/s1. The Morgan fingerprint density at radius 3 is 2.67 bits per heavy atom. The van der Waals surface area contributed by atoms with E-state index in [1.807, 2.05) is 20.8 Å². The Balaban J connectivity index is 1.97. The van der Waals surface area contributed by atoms with Gasteiger partial charge in [0.15, 0.2) is 0 Å². The van der Waals surface area contributed by atoms with Crippen LogP contribution in [0, 0.1) is 0 Å². The van der Waals surface area contributed by atoms with Gasteiger partial charge >= 0.3 is 6.09 Å². The van der Waals surface area contributed by atoms with Gasteiger partial charge in [-0.1, -0.05) is 12.1 Å². The van der Waals surface area contributed by atoms with Crippen molar-refractivity contribution in [1.82, 2.24) is 10.2 Å². The molecule has 0 spiro atoms. The van der Waals surface area contributed by atoms with E-state index in [1.54, 1.807) is 23.1 Å². The summed E-state index contributed by atoms with van der Waals surface area (Å²) in [5.41, 5.74) is -0.310. The summed E-state index contributed by atoms with van der Waals surface area (Å²) < 4.78 is 5.45. The van der Waals surface area contributed by atoms with E-state index in [4.69, 9.17) is 4.74 Å². The molecule has 132 valence electrons. The Morgan fingerprint density at radius 1 is 1.29 bits per heavy atom. The molecule has 2 rings (SSSR count). The molecular formula is C18H26N2O4. The molecule has 1 aromatic carbocycles. The molecule has 2 N–H and O–H groups in total. The molecule has 0 radical (unpaired) electrons. The molecule has 0 unspecified atom stereocenters. The van der Waals surface area contributed by atoms with E-state index in [0.717, 1.165) is 19.3 Å². The number of carbonyl (C=O) groups excluding carboxylic acids is 2. The number of para-hydroxylation sites is 1. The number of nitrogens with one attached hydrogen (secondary N) is 1. The number of hydrogen-bond acceptors (Lipinski definition) is 4. The average molecular weight is 334 g/mol. The zero-order valence-corrected chi connectivity index (χ0v) is 14.5. The van der Waals surface area contributed by atoms with Gasteiger partial charge in [0.05, 0.1) is 11.6 Å². The summed E-state index contributed by atoms with van der Waals surface area (Å²) in [6.45, 7) is 6.48. The first-order chi connectivity index (χ1) is 11.3. The van der Waals surface area contributed by atoms with Crippen molar-refractivity contribution in [3.05, 3.63) is 29.8 Å². The summed E-state index contributed by atoms with van der Waals surface area (Å²) in [6, 6.07) is 6.31. The molecule has 0 saturated carbocycles. The second-order valence-corrected chi connectivity index (χ2v) is 7.05. The number of carbonyl (C=O) groups is 2. The lowest BCUT2D eigenvalue weighted by atomic mass is 10.0. The third kappa shape index (κ3) is 4.88. The predicted molar refractivity (Wildman–Crippen MR) is 91.0 cm³/mol. The molecule has 1 atom stereocenters. The van der Waals surface area contributed by atoms with Crippen molar-refractivity contribution in [3.8, 4) is 5.75 Å². The number of rotatable bonds is 3. The molecule has 2 amide bonds. The van der Waals surface area contributed by atoms with Crippen molar-refractivity contribution >= 4 is 12.0 Å². The van der Waals surface area contributed by atoms with E-state index in [-0.39, 0.29) is 29.4 Å². The molecule has 1 fully saturated rings. The van der Waals surface area contributed by atoms with Crippen LogP contribution in [0.2, 0.25) is 0 Å². The molecule has 1 saturated heterocycles. The molecule has 0 aliphatic carbocycles. The molecule has 1 aliphatic rings. The summed E-state index contributed by atoms with van der Waals surface area (Å²) >= 11 is 0. The number of ether oxygens (including phenoxy) is 1. The molecule has 6 heteroatoms. The van der Waals surface area contributed by atoms with Crippen LogP contribution in [0.3, 0.4) is 0 Å². The minimum atomic E-state index is -0.543. The van der Waals surface area contributed by atoms with Gasteiger partial charge in [0.25, 0.3) is 5.91 Å². The monoisotopic (exact) mass is 334 g/mol. The minimum absolute atomic E-state index is 0.0531. The van der Waals surface area contributed by atoms with Crippen molar-refractivity contribution in [2.24, 2.45) is 0 Å². The summed E-state index contributed by atoms with van der Waals surface area (Å²) in [5.74, 6) is -0.398. The molecule has 0 aromatic heterocycles. The van der Waals surface area contributed by atoms with Gasteiger partial charge in [-0.05, 0) is 52.2 Å². The van der Waals surface area contributed by atoms with Crippen LogP contribution >= 0.6 is 0 Å². The number of piperidine rings is 1. The number of phenols is 1. The van der Waals surface area contributed by atoms with E-state index < -0.39 is 5.60 Å². The van der Waals surface area contributed by atoms with E-state index >= 15 is 0 Å². The highest BCUT2D eigenvalue weighted by Crippen LogP contribution is 2.21. The Morgan fingerprint density at radius 2 is 2.00 bits per heavy atom. The third-order valence-corrected chi connectivity index (χ3v) is 3.90. The maximum atomic E-state index is 12.3. The fraction of sp³-hybridized carbons (Fsp3) is 0.556. The summed E-state index contributed by atoms with van der Waals surface area (Å²) in [5, 5.41) is 12.5. The first kappa shape index (κ1) is 18.1. The fourth-order valence-corrected chi connectivity index (χ4v) is 2.75. The summed E-state index contributed by atoms with van der Waals surface area (Å²) in [7, 11) is 0. The van der Waals surface area contributed by atoms with Gasteiger partial charge in [-0.15, -0.1) is 0 Å². The van der Waals surface area contributed by atoms with Crippen molar-refractivity contribution in [1.29, 1.82) is 0 Å². The van der Waals surface area contributed by atoms with Crippen LogP contribution in [0.5, 0.6) is 5.75 Å². The Hall–Kier alpha value is -2.24. The Labute approximate surface area is 142 Å². The molecule has 1 aromatic rings. The van der Waals surface area contributed by atoms with Gasteiger partial charge < -0.3 is 20.1 Å². The van der Waals surface area contributed by atoms with Crippen molar-refractivity contribution in [2.75, 3.05) is 13.1 Å². The van der Waals surface area contributed by atoms with Crippen LogP contribution < -0.4 is 5.32 Å². The number of hydrogen-bond donors (Lipinski definition) is 2. The van der Waals surface area contributed by atoms with Gasteiger partial charge in [-0.2, -0.15) is 0 Å². The SMILES string of the molecule is CC(C)(C)OC(=O)N1CCCC[C@@H]1CNC(=O)c1ccccc1O. The molecule has 1 aliphatic heterocycles. The van der Waals surface area contributed by atoms with Crippen LogP contribution in [0.25, 0.3) is 0 Å². The maximum Gasteiger partial charge on any atom is 0.410 e. The van der Waals surface area contributed by atoms with Gasteiger partial charge in [-0.3, -0.25) is 4.79 Å². The minimum Gasteiger partial charge on any atom is -0.507 e. The molecule has 0 bridgehead atoms. The highest BCUT2D eigenvalue weighted by molar-refractivity contribution is 5.96. The van der Waals surface area contributed by atoms with Crippen LogP contribution in [-0.2, 0) is 4.74 Å². The fourth-order valence-electron chi connectivity index (χ4n) is 2.75. The van der Waals surface area contributed by atoms with Gasteiger partial charge in [0, 0.05) is 13.1 Å². The highest BCUT2D eigenvalue weighted by Gasteiger charge is 2.30. The van der Waals surface area contributed by atoms with Crippen LogP contribution in [0.15, 0.2) is 24.3 Å². The molecule has 24 heavy (non-hydrogen) atoms. The zero-order valence-electron chi connectivity index (χ0n) is 14.5. The summed E-state index contributed by atoms with van der Waals surface area (Å²) in [4.78, 5) is 26.2. The number of amides is 2. The predicted octanol–water partition coefficient (Wildman–Crippen LogP) is 2.91. The van der Waals surface area contributed by atoms with E-state index in [9.17, 15) is 14.7 Å². The van der Waals surface area contributed by atoms with E-state index in [2.05, 4.69) is 5.32 Å². The maximum absolute atomic E-state index is 12.3. The molecule has 1 heterocycles. The lowest BCUT2D eigenvalue weighted by Crippen LogP contribution is -2.50. The highest BCUT2D eigenvalue weighted by atomic mass is 16.6. The van der Waals surface area contributed by atoms with Crippen molar-refractivity contribution in [3.63, 3.8) is 0 Å². The number of benzene rings is 1. The number of phenolic OH excluding ortho intramolecular Hbond substituents is 1.